The fourth-order valence-electron chi connectivity index (χ4n) is 9.10. The minimum absolute atomic E-state index is 0.0488. The Hall–Kier alpha value is -9.00. The molecule has 3 aliphatic carbocycles. The van der Waals surface area contributed by atoms with Gasteiger partial charge in [-0.25, -0.2) is 29.9 Å². The molecular formula is C62H40N6. The Morgan fingerprint density at radius 2 is 0.485 bits per heavy atom. The SMILES string of the molecule is [2H]c1c([2H])c([2H])c(-c2nc(-c3ccc(-c4ccc5c(c4)C4c6ccccc6C5c5cc(-c6ccc(-c7nc(-c8c([2H])c([2H])c([2H])c([2H])c8[2H])nc(-c8c([2H])c([2H])c([2H])c([2H])c8[2H])n7)cc6)ccc54)cc3)nc(-c3c([2H])c([2H])c([2H])c([2H])c3[2H])n2)c([2H])c1[2H]. The molecule has 0 spiro atoms. The molecule has 9 aromatic carbocycles. The van der Waals surface area contributed by atoms with Crippen LogP contribution in [0.4, 0.5) is 0 Å². The lowest BCUT2D eigenvalue weighted by molar-refractivity contribution is 0.755. The highest BCUT2D eigenvalue weighted by atomic mass is 15.0. The topological polar surface area (TPSA) is 77.3 Å². The highest BCUT2D eigenvalue weighted by Gasteiger charge is 2.41. The van der Waals surface area contributed by atoms with Gasteiger partial charge in [0, 0.05) is 45.2 Å². The first kappa shape index (κ1) is 24.0. The van der Waals surface area contributed by atoms with E-state index in [0.717, 1.165) is 44.5 Å². The largest absolute Gasteiger partial charge is 0.208 e. The molecule has 14 rings (SSSR count). The first-order chi connectivity index (χ1) is 42.0. The fourth-order valence-corrected chi connectivity index (χ4v) is 9.10. The van der Waals surface area contributed by atoms with Crippen LogP contribution in [0.2, 0.25) is 0 Å². The van der Waals surface area contributed by atoms with Crippen LogP contribution in [0.15, 0.2) is 230 Å². The summed E-state index contributed by atoms with van der Waals surface area (Å²) in [4.78, 5) is 27.1. The summed E-state index contributed by atoms with van der Waals surface area (Å²) in [6.45, 7) is 0. The van der Waals surface area contributed by atoms with Gasteiger partial charge in [0.05, 0.1) is 27.4 Å². The van der Waals surface area contributed by atoms with Crippen LogP contribution in [0.3, 0.4) is 0 Å². The summed E-state index contributed by atoms with van der Waals surface area (Å²) in [6.07, 6.45) is 0. The summed E-state index contributed by atoms with van der Waals surface area (Å²) in [7, 11) is 0. The van der Waals surface area contributed by atoms with Crippen LogP contribution in [-0.4, -0.2) is 29.9 Å². The van der Waals surface area contributed by atoms with E-state index in [1.165, 1.54) is 11.1 Å². The predicted octanol–water partition coefficient (Wildman–Crippen LogP) is 14.4. The molecule has 0 aliphatic heterocycles. The van der Waals surface area contributed by atoms with Gasteiger partial charge in [-0.15, -0.1) is 0 Å². The van der Waals surface area contributed by atoms with Gasteiger partial charge < -0.3 is 0 Å². The van der Waals surface area contributed by atoms with Crippen molar-refractivity contribution >= 4 is 0 Å². The van der Waals surface area contributed by atoms with Crippen LogP contribution in [0.25, 0.3) is 90.6 Å². The molecule has 0 saturated carbocycles. The Balaban J connectivity index is 0.854. The number of benzene rings is 9. The second-order valence-corrected chi connectivity index (χ2v) is 15.9. The molecule has 2 heterocycles. The van der Waals surface area contributed by atoms with Gasteiger partial charge in [-0.1, -0.05) is 218 Å². The third-order valence-corrected chi connectivity index (χ3v) is 12.2. The number of hydrogen-bond acceptors (Lipinski definition) is 6. The zero-order chi connectivity index (χ0) is 62.4. The van der Waals surface area contributed by atoms with E-state index >= 15 is 0 Å². The van der Waals surface area contributed by atoms with Crippen molar-refractivity contribution in [1.82, 2.24) is 29.9 Å². The summed E-state index contributed by atoms with van der Waals surface area (Å²) >= 11 is 0. The molecule has 2 unspecified atom stereocenters. The third kappa shape index (κ3) is 6.98. The molecule has 68 heavy (non-hydrogen) atoms. The molecule has 2 bridgehead atoms. The maximum absolute atomic E-state index is 8.70. The van der Waals surface area contributed by atoms with E-state index in [4.69, 9.17) is 27.4 Å². The molecule has 0 saturated heterocycles. The van der Waals surface area contributed by atoms with E-state index in [-0.39, 0.29) is 69.0 Å². The maximum Gasteiger partial charge on any atom is 0.164 e. The summed E-state index contributed by atoms with van der Waals surface area (Å²) in [5, 5.41) is 0. The Bertz CT molecular complexity index is 4290. The molecule has 0 amide bonds. The molecule has 0 radical (unpaired) electrons. The van der Waals surface area contributed by atoms with Crippen molar-refractivity contribution in [1.29, 1.82) is 0 Å². The normalized spacial score (nSPS) is 18.3. The summed E-state index contributed by atoms with van der Waals surface area (Å²) in [6, 6.07) is 22.9. The summed E-state index contributed by atoms with van der Waals surface area (Å²) in [5.41, 5.74) is 9.56. The quantitative estimate of drug-likeness (QED) is 0.151. The average molecular weight is 889 g/mol. The van der Waals surface area contributed by atoms with E-state index in [2.05, 4.69) is 66.3 Å². The minimum Gasteiger partial charge on any atom is -0.208 e. The summed E-state index contributed by atoms with van der Waals surface area (Å²) in [5.74, 6) is -1.83. The predicted molar refractivity (Wildman–Crippen MR) is 271 cm³/mol. The lowest BCUT2D eigenvalue weighted by atomic mass is 9.60. The third-order valence-electron chi connectivity index (χ3n) is 12.2. The zero-order valence-electron chi connectivity index (χ0n) is 55.2. The number of nitrogens with zero attached hydrogens (tertiary/aromatic N) is 6. The van der Waals surface area contributed by atoms with Gasteiger partial charge in [0.1, 0.15) is 0 Å². The van der Waals surface area contributed by atoms with Gasteiger partial charge in [0.2, 0.25) is 0 Å². The Morgan fingerprint density at radius 3 is 0.794 bits per heavy atom. The van der Waals surface area contributed by atoms with Gasteiger partial charge in [0.25, 0.3) is 0 Å². The van der Waals surface area contributed by atoms with Crippen LogP contribution >= 0.6 is 0 Å². The molecular weight excluding hydrogens is 829 g/mol. The van der Waals surface area contributed by atoms with Crippen LogP contribution in [0.5, 0.6) is 0 Å². The van der Waals surface area contributed by atoms with Crippen molar-refractivity contribution in [3.63, 3.8) is 0 Å². The van der Waals surface area contributed by atoms with E-state index in [1.54, 1.807) is 24.3 Å². The molecule has 11 aromatic rings. The molecule has 2 atom stereocenters. The van der Waals surface area contributed by atoms with Gasteiger partial charge in [0.15, 0.2) is 34.9 Å². The number of hydrogen-bond donors (Lipinski definition) is 0. The van der Waals surface area contributed by atoms with E-state index in [1.807, 2.05) is 48.5 Å². The molecule has 3 aliphatic rings. The Labute approximate surface area is 422 Å². The monoisotopic (exact) mass is 888 g/mol. The summed E-state index contributed by atoms with van der Waals surface area (Å²) < 4.78 is 169. The van der Waals surface area contributed by atoms with Crippen molar-refractivity contribution in [2.24, 2.45) is 0 Å². The zero-order valence-corrected chi connectivity index (χ0v) is 35.2. The smallest absolute Gasteiger partial charge is 0.164 e. The Morgan fingerprint density at radius 1 is 0.235 bits per heavy atom. The van der Waals surface area contributed by atoms with Crippen molar-refractivity contribution in [2.75, 3.05) is 0 Å². The van der Waals surface area contributed by atoms with E-state index in [9.17, 15) is 0 Å². The van der Waals surface area contributed by atoms with E-state index < -0.39 is 121 Å². The first-order valence-electron chi connectivity index (χ1n) is 31.4. The molecule has 2 aromatic heterocycles. The van der Waals surface area contributed by atoms with Gasteiger partial charge in [-0.2, -0.15) is 0 Å². The molecule has 6 heteroatoms. The molecule has 318 valence electrons. The van der Waals surface area contributed by atoms with Crippen molar-refractivity contribution < 1.29 is 27.4 Å². The van der Waals surface area contributed by atoms with Crippen LogP contribution in [0, 0.1) is 0 Å². The lowest BCUT2D eigenvalue weighted by Gasteiger charge is -2.42. The second-order valence-electron chi connectivity index (χ2n) is 15.9. The Kier molecular flexibility index (Phi) is 5.80. The van der Waals surface area contributed by atoms with E-state index in [0.29, 0.717) is 11.1 Å². The number of rotatable bonds is 8. The van der Waals surface area contributed by atoms with Gasteiger partial charge in [-0.05, 0) is 67.8 Å². The first-order valence-corrected chi connectivity index (χ1v) is 21.4. The minimum atomic E-state index is -0.640. The highest BCUT2D eigenvalue weighted by molar-refractivity contribution is 5.78. The average Bonchev–Trinajstić information content (AvgIpc) is 0.720. The number of aromatic nitrogens is 6. The fraction of sp³-hybridized carbons (Fsp3) is 0.0323. The molecule has 0 fully saturated rings. The lowest BCUT2D eigenvalue weighted by Crippen LogP contribution is -2.27. The highest BCUT2D eigenvalue weighted by Crippen LogP contribution is 2.56. The van der Waals surface area contributed by atoms with Gasteiger partial charge >= 0.3 is 0 Å². The van der Waals surface area contributed by atoms with Crippen LogP contribution < -0.4 is 0 Å². The molecule has 6 nitrogen and oxygen atoms in total. The van der Waals surface area contributed by atoms with Crippen molar-refractivity contribution in [3.05, 3.63) is 263 Å². The van der Waals surface area contributed by atoms with Crippen molar-refractivity contribution in [3.8, 4) is 90.6 Å². The van der Waals surface area contributed by atoms with Gasteiger partial charge in [-0.3, -0.25) is 0 Å². The maximum atomic E-state index is 8.70. The standard InChI is InChI=1S/C62H40N6/c1-5-15-41(16-6-1)57-63-58(42-17-7-2-8-18-42)66-61(65-57)45-29-25-39(26-30-45)47-33-35-51-53(37-47)55-49-23-13-14-24-50(49)56(51)54-38-48(34-36-52(54)55)40-27-31-46(32-28-40)62-67-59(43-19-9-3-10-20-43)64-60(68-62)44-21-11-4-12-22-44/h1-38,55-56H/i1D,2D,3D,4D,5D,6D,7D,8D,9D,10D,11D,12D,15D,16D,17D,18D,19D,20D,21D,22D. The van der Waals surface area contributed by atoms with Crippen LogP contribution in [0.1, 0.15) is 72.6 Å². The molecule has 0 N–H and O–H groups in total. The van der Waals surface area contributed by atoms with Crippen molar-refractivity contribution in [2.45, 2.75) is 11.8 Å². The second kappa shape index (κ2) is 16.5. The van der Waals surface area contributed by atoms with Crippen LogP contribution in [-0.2, 0) is 0 Å².